The molecule has 2 rings (SSSR count). The quantitative estimate of drug-likeness (QED) is 0.180. The summed E-state index contributed by atoms with van der Waals surface area (Å²) in [4.78, 5) is 3.36. The summed E-state index contributed by atoms with van der Waals surface area (Å²) in [7, 11) is 0. The van der Waals surface area contributed by atoms with Crippen LogP contribution >= 0.6 is 11.9 Å². The van der Waals surface area contributed by atoms with Crippen LogP contribution in [-0.2, 0) is 0 Å². The molecule has 0 aromatic heterocycles. The van der Waals surface area contributed by atoms with Gasteiger partial charge in [-0.2, -0.15) is 0 Å². The molecule has 0 amide bonds. The number of nitrogens with zero attached hydrogens (tertiary/aromatic N) is 1. The molecule has 0 bridgehead atoms. The SMILES string of the molecule is C=C(/C=C(SN)\C(Oc1ccccc1)=C(/C)N(CCCC)CCCC)CNCC1CC1. The number of hydrogen-bond donors (Lipinski definition) is 2. The zero-order chi connectivity index (χ0) is 22.5. The fourth-order valence-corrected chi connectivity index (χ4v) is 3.88. The average molecular weight is 444 g/mol. The highest BCUT2D eigenvalue weighted by Crippen LogP contribution is 2.30. The van der Waals surface area contributed by atoms with E-state index in [1.807, 2.05) is 30.3 Å². The van der Waals surface area contributed by atoms with E-state index in [0.717, 1.165) is 72.6 Å². The van der Waals surface area contributed by atoms with Gasteiger partial charge in [0.15, 0.2) is 5.76 Å². The number of nitrogens with one attached hydrogen (secondary N) is 1. The van der Waals surface area contributed by atoms with Crippen molar-refractivity contribution in [2.45, 2.75) is 59.3 Å². The molecule has 172 valence electrons. The summed E-state index contributed by atoms with van der Waals surface area (Å²) in [5.41, 5.74) is 2.15. The van der Waals surface area contributed by atoms with Crippen molar-refractivity contribution in [2.24, 2.45) is 11.1 Å². The minimum absolute atomic E-state index is 0.771. The molecule has 1 aromatic rings. The van der Waals surface area contributed by atoms with Gasteiger partial charge in [0.1, 0.15) is 5.75 Å². The lowest BCUT2D eigenvalue weighted by molar-refractivity contribution is 0.307. The first kappa shape index (κ1) is 25.6. The number of nitrogens with two attached hydrogens (primary N) is 1. The van der Waals surface area contributed by atoms with E-state index in [9.17, 15) is 0 Å². The number of rotatable bonds is 16. The van der Waals surface area contributed by atoms with Crippen LogP contribution in [0.5, 0.6) is 5.75 Å². The molecule has 1 fully saturated rings. The smallest absolute Gasteiger partial charge is 0.161 e. The number of benzene rings is 1. The normalized spacial score (nSPS) is 14.9. The molecule has 1 aliphatic carbocycles. The first-order chi connectivity index (χ1) is 15.1. The van der Waals surface area contributed by atoms with Crippen molar-refractivity contribution in [3.63, 3.8) is 0 Å². The summed E-state index contributed by atoms with van der Waals surface area (Å²) < 4.78 is 6.43. The maximum atomic E-state index is 6.43. The Morgan fingerprint density at radius 2 is 1.84 bits per heavy atom. The van der Waals surface area contributed by atoms with Crippen LogP contribution in [0.1, 0.15) is 59.3 Å². The van der Waals surface area contributed by atoms with Crippen molar-refractivity contribution in [1.82, 2.24) is 10.2 Å². The highest BCUT2D eigenvalue weighted by molar-refractivity contribution is 8.01. The predicted molar refractivity (Wildman–Crippen MR) is 136 cm³/mol. The number of hydrogen-bond acceptors (Lipinski definition) is 5. The van der Waals surface area contributed by atoms with Crippen LogP contribution in [0.15, 0.2) is 64.9 Å². The Morgan fingerprint density at radius 3 is 2.39 bits per heavy atom. The fraction of sp³-hybridized carbons (Fsp3) is 0.538. The molecule has 1 saturated carbocycles. The van der Waals surface area contributed by atoms with Crippen molar-refractivity contribution in [2.75, 3.05) is 26.2 Å². The number of para-hydroxylation sites is 1. The third-order valence-corrected chi connectivity index (χ3v) is 6.05. The van der Waals surface area contributed by atoms with E-state index in [2.05, 4.69) is 43.6 Å². The minimum atomic E-state index is 0.771. The van der Waals surface area contributed by atoms with Gasteiger partial charge in [-0.25, -0.2) is 0 Å². The second-order valence-electron chi connectivity index (χ2n) is 8.38. The first-order valence-corrected chi connectivity index (χ1v) is 12.6. The first-order valence-electron chi connectivity index (χ1n) is 11.7. The molecule has 0 aliphatic heterocycles. The number of ether oxygens (including phenoxy) is 1. The molecule has 0 spiro atoms. The van der Waals surface area contributed by atoms with E-state index >= 15 is 0 Å². The van der Waals surface area contributed by atoms with Gasteiger partial charge < -0.3 is 15.0 Å². The van der Waals surface area contributed by atoms with Gasteiger partial charge in [0.05, 0.1) is 10.6 Å². The second-order valence-corrected chi connectivity index (χ2v) is 9.06. The molecule has 0 atom stereocenters. The average Bonchev–Trinajstić information content (AvgIpc) is 3.61. The molecule has 0 saturated heterocycles. The van der Waals surface area contributed by atoms with Crippen LogP contribution in [-0.4, -0.2) is 31.1 Å². The largest absolute Gasteiger partial charge is 0.454 e. The Labute approximate surface area is 194 Å². The van der Waals surface area contributed by atoms with Crippen molar-refractivity contribution in [3.8, 4) is 5.75 Å². The molecule has 31 heavy (non-hydrogen) atoms. The van der Waals surface area contributed by atoms with E-state index in [-0.39, 0.29) is 0 Å². The Balaban J connectivity index is 2.28. The summed E-state index contributed by atoms with van der Waals surface area (Å²) in [6.07, 6.45) is 9.43. The lowest BCUT2D eigenvalue weighted by Crippen LogP contribution is -2.26. The zero-order valence-corrected chi connectivity index (χ0v) is 20.5. The molecule has 0 heterocycles. The Kier molecular flexibility index (Phi) is 11.9. The standard InChI is InChI=1S/C26H41N3OS/c1-5-7-16-29(17-8-6-2)22(4)26(30-24-12-10-9-11-13-24)25(31-27)18-21(3)19-28-20-23-14-15-23/h9-13,18,23,28H,3,5-8,14-17,19-20,27H2,1-2,4H3/b25-18+,26-22-. The van der Waals surface area contributed by atoms with E-state index < -0.39 is 0 Å². The van der Waals surface area contributed by atoms with E-state index in [1.165, 1.54) is 37.6 Å². The second kappa shape index (κ2) is 14.4. The molecule has 1 aromatic carbocycles. The molecular formula is C26H41N3OS. The Morgan fingerprint density at radius 1 is 1.19 bits per heavy atom. The van der Waals surface area contributed by atoms with Gasteiger partial charge in [-0.15, -0.1) is 0 Å². The van der Waals surface area contributed by atoms with Gasteiger partial charge in [-0.1, -0.05) is 51.5 Å². The summed E-state index contributed by atoms with van der Waals surface area (Å²) in [6.45, 7) is 14.8. The van der Waals surface area contributed by atoms with Crippen molar-refractivity contribution >= 4 is 11.9 Å². The fourth-order valence-electron chi connectivity index (χ4n) is 3.35. The third kappa shape index (κ3) is 9.55. The van der Waals surface area contributed by atoms with Crippen LogP contribution in [0, 0.1) is 5.92 Å². The van der Waals surface area contributed by atoms with E-state index in [1.54, 1.807) is 0 Å². The summed E-state index contributed by atoms with van der Waals surface area (Å²) in [5, 5.41) is 9.67. The van der Waals surface area contributed by atoms with Gasteiger partial charge in [0.2, 0.25) is 0 Å². The maximum Gasteiger partial charge on any atom is 0.161 e. The molecule has 0 radical (unpaired) electrons. The van der Waals surface area contributed by atoms with Gasteiger partial charge >= 0.3 is 0 Å². The lowest BCUT2D eigenvalue weighted by Gasteiger charge is -2.28. The van der Waals surface area contributed by atoms with Crippen molar-refractivity contribution < 1.29 is 4.74 Å². The third-order valence-electron chi connectivity index (χ3n) is 5.50. The molecule has 1 aliphatic rings. The Bertz CT molecular complexity index is 717. The van der Waals surface area contributed by atoms with Gasteiger partial charge in [0.25, 0.3) is 0 Å². The highest BCUT2D eigenvalue weighted by Gasteiger charge is 2.20. The Hall–Kier alpha value is -1.69. The van der Waals surface area contributed by atoms with Gasteiger partial charge in [0, 0.05) is 19.6 Å². The van der Waals surface area contributed by atoms with E-state index in [4.69, 9.17) is 9.88 Å². The highest BCUT2D eigenvalue weighted by atomic mass is 32.2. The number of unbranched alkanes of at least 4 members (excludes halogenated alkanes) is 2. The van der Waals surface area contributed by atoms with Crippen molar-refractivity contribution in [1.29, 1.82) is 0 Å². The molecule has 4 nitrogen and oxygen atoms in total. The monoisotopic (exact) mass is 443 g/mol. The number of allylic oxidation sites excluding steroid dienone is 1. The van der Waals surface area contributed by atoms with Crippen LogP contribution < -0.4 is 15.2 Å². The lowest BCUT2D eigenvalue weighted by atomic mass is 10.2. The topological polar surface area (TPSA) is 50.5 Å². The van der Waals surface area contributed by atoms with E-state index in [0.29, 0.717) is 0 Å². The van der Waals surface area contributed by atoms with Crippen molar-refractivity contribution in [3.05, 3.63) is 64.9 Å². The maximum absolute atomic E-state index is 6.43. The summed E-state index contributed by atoms with van der Waals surface area (Å²) in [5.74, 6) is 2.50. The van der Waals surface area contributed by atoms with Gasteiger partial charge in [-0.3, -0.25) is 5.14 Å². The molecule has 0 unspecified atom stereocenters. The van der Waals surface area contributed by atoms with Crippen LogP contribution in [0.25, 0.3) is 0 Å². The molecular weight excluding hydrogens is 402 g/mol. The zero-order valence-electron chi connectivity index (χ0n) is 19.7. The molecule has 5 heteroatoms. The van der Waals surface area contributed by atoms with Crippen LogP contribution in [0.3, 0.4) is 0 Å². The predicted octanol–water partition coefficient (Wildman–Crippen LogP) is 6.25. The van der Waals surface area contributed by atoms with Crippen LogP contribution in [0.2, 0.25) is 0 Å². The summed E-state index contributed by atoms with van der Waals surface area (Å²) in [6, 6.07) is 9.96. The van der Waals surface area contributed by atoms with Crippen LogP contribution in [0.4, 0.5) is 0 Å². The minimum Gasteiger partial charge on any atom is -0.454 e. The summed E-state index contributed by atoms with van der Waals surface area (Å²) >= 11 is 1.23. The van der Waals surface area contributed by atoms with Gasteiger partial charge in [-0.05, 0) is 80.8 Å². The molecule has 3 N–H and O–H groups in total.